The second kappa shape index (κ2) is 2.96. The maximum absolute atomic E-state index is 5.83. The number of rotatable bonds is 2. The minimum Gasteiger partial charge on any atom is -0.496 e. The Bertz CT molecular complexity index is 295. The molecular formula is C9H9ClO2. The number of hydrogen-bond donors (Lipinski definition) is 0. The third-order valence-electron chi connectivity index (χ3n) is 1.87. The Morgan fingerprint density at radius 3 is 2.92 bits per heavy atom. The molecule has 64 valence electrons. The second-order valence-electron chi connectivity index (χ2n) is 2.71. The van der Waals surface area contributed by atoms with E-state index in [0.29, 0.717) is 0 Å². The molecule has 1 aliphatic rings. The van der Waals surface area contributed by atoms with Crippen LogP contribution in [0.2, 0.25) is 5.02 Å². The SMILES string of the molecule is COc1ccc(Cl)cc1C1CO1. The van der Waals surface area contributed by atoms with Crippen molar-refractivity contribution in [3.8, 4) is 5.75 Å². The molecule has 1 atom stereocenters. The predicted octanol–water partition coefficient (Wildman–Crippen LogP) is 2.42. The summed E-state index contributed by atoms with van der Waals surface area (Å²) in [6.45, 7) is 0.775. The third kappa shape index (κ3) is 1.40. The number of ether oxygens (including phenoxy) is 2. The van der Waals surface area contributed by atoms with Gasteiger partial charge in [0.05, 0.1) is 13.7 Å². The van der Waals surface area contributed by atoms with Crippen molar-refractivity contribution in [1.82, 2.24) is 0 Å². The summed E-state index contributed by atoms with van der Waals surface area (Å²) in [5, 5.41) is 0.723. The van der Waals surface area contributed by atoms with Crippen molar-refractivity contribution in [1.29, 1.82) is 0 Å². The van der Waals surface area contributed by atoms with Gasteiger partial charge in [-0.2, -0.15) is 0 Å². The van der Waals surface area contributed by atoms with Crippen LogP contribution < -0.4 is 4.74 Å². The van der Waals surface area contributed by atoms with Gasteiger partial charge in [0.15, 0.2) is 0 Å². The summed E-state index contributed by atoms with van der Waals surface area (Å²) in [5.74, 6) is 0.849. The Labute approximate surface area is 76.1 Å². The van der Waals surface area contributed by atoms with Crippen LogP contribution in [0.25, 0.3) is 0 Å². The molecule has 0 radical (unpaired) electrons. The second-order valence-corrected chi connectivity index (χ2v) is 3.14. The zero-order chi connectivity index (χ0) is 8.55. The van der Waals surface area contributed by atoms with Gasteiger partial charge in [-0.25, -0.2) is 0 Å². The van der Waals surface area contributed by atoms with Crippen LogP contribution >= 0.6 is 11.6 Å². The van der Waals surface area contributed by atoms with Gasteiger partial charge in [0.25, 0.3) is 0 Å². The molecule has 0 aromatic heterocycles. The van der Waals surface area contributed by atoms with E-state index in [9.17, 15) is 0 Å². The average Bonchev–Trinajstić information content (AvgIpc) is 2.87. The Balaban J connectivity index is 2.39. The number of halogens is 1. The van der Waals surface area contributed by atoms with Gasteiger partial charge in [0, 0.05) is 10.6 Å². The summed E-state index contributed by atoms with van der Waals surface area (Å²) < 4.78 is 10.3. The molecule has 0 amide bonds. The van der Waals surface area contributed by atoms with Crippen molar-refractivity contribution in [3.05, 3.63) is 28.8 Å². The number of epoxide rings is 1. The average molecular weight is 185 g/mol. The van der Waals surface area contributed by atoms with E-state index in [1.54, 1.807) is 7.11 Å². The first-order valence-corrected chi connectivity index (χ1v) is 4.14. The molecule has 0 bridgehead atoms. The molecule has 1 unspecified atom stereocenters. The molecule has 0 saturated carbocycles. The molecule has 0 spiro atoms. The molecule has 12 heavy (non-hydrogen) atoms. The molecule has 0 aliphatic carbocycles. The van der Waals surface area contributed by atoms with Crippen molar-refractivity contribution in [2.45, 2.75) is 6.10 Å². The zero-order valence-electron chi connectivity index (χ0n) is 6.71. The molecule has 1 saturated heterocycles. The van der Waals surface area contributed by atoms with Gasteiger partial charge in [-0.3, -0.25) is 0 Å². The number of methoxy groups -OCH3 is 1. The molecule has 1 aliphatic heterocycles. The molecule has 0 N–H and O–H groups in total. The number of benzene rings is 1. The van der Waals surface area contributed by atoms with E-state index in [0.717, 1.165) is 22.9 Å². The van der Waals surface area contributed by atoms with Crippen LogP contribution in [0, 0.1) is 0 Å². The molecule has 1 aromatic rings. The van der Waals surface area contributed by atoms with E-state index in [4.69, 9.17) is 21.1 Å². The summed E-state index contributed by atoms with van der Waals surface area (Å²) in [5.41, 5.74) is 1.05. The molecule has 2 nitrogen and oxygen atoms in total. The standard InChI is InChI=1S/C9H9ClO2/c1-11-8-3-2-6(10)4-7(8)9-5-12-9/h2-4,9H,5H2,1H3. The first-order valence-electron chi connectivity index (χ1n) is 3.76. The van der Waals surface area contributed by atoms with E-state index in [2.05, 4.69) is 0 Å². The maximum Gasteiger partial charge on any atom is 0.124 e. The topological polar surface area (TPSA) is 21.8 Å². The smallest absolute Gasteiger partial charge is 0.124 e. The van der Waals surface area contributed by atoms with Crippen LogP contribution in [-0.4, -0.2) is 13.7 Å². The normalized spacial score (nSPS) is 20.7. The van der Waals surface area contributed by atoms with E-state index in [1.165, 1.54) is 0 Å². The Morgan fingerprint density at radius 1 is 1.58 bits per heavy atom. The van der Waals surface area contributed by atoms with Gasteiger partial charge >= 0.3 is 0 Å². The number of hydrogen-bond acceptors (Lipinski definition) is 2. The van der Waals surface area contributed by atoms with Gasteiger partial charge in [0.2, 0.25) is 0 Å². The lowest BCUT2D eigenvalue weighted by atomic mass is 10.1. The van der Waals surface area contributed by atoms with Gasteiger partial charge in [-0.05, 0) is 18.2 Å². The van der Waals surface area contributed by atoms with Crippen molar-refractivity contribution in [3.63, 3.8) is 0 Å². The molecule has 1 fully saturated rings. The summed E-state index contributed by atoms with van der Waals surface area (Å²) in [7, 11) is 1.65. The Kier molecular flexibility index (Phi) is 1.95. The predicted molar refractivity (Wildman–Crippen MR) is 46.7 cm³/mol. The first kappa shape index (κ1) is 7.90. The highest BCUT2D eigenvalue weighted by atomic mass is 35.5. The quantitative estimate of drug-likeness (QED) is 0.659. The maximum atomic E-state index is 5.83. The monoisotopic (exact) mass is 184 g/mol. The first-order chi connectivity index (χ1) is 5.81. The van der Waals surface area contributed by atoms with E-state index in [1.807, 2.05) is 18.2 Å². The van der Waals surface area contributed by atoms with Crippen LogP contribution in [0.15, 0.2) is 18.2 Å². The largest absolute Gasteiger partial charge is 0.496 e. The lowest BCUT2D eigenvalue weighted by Crippen LogP contribution is -1.89. The van der Waals surface area contributed by atoms with Crippen LogP contribution in [0.3, 0.4) is 0 Å². The van der Waals surface area contributed by atoms with Crippen molar-refractivity contribution in [2.24, 2.45) is 0 Å². The van der Waals surface area contributed by atoms with Crippen LogP contribution in [0.5, 0.6) is 5.75 Å². The fraction of sp³-hybridized carbons (Fsp3) is 0.333. The van der Waals surface area contributed by atoms with Gasteiger partial charge < -0.3 is 9.47 Å². The highest BCUT2D eigenvalue weighted by Gasteiger charge is 2.28. The van der Waals surface area contributed by atoms with Crippen LogP contribution in [0.4, 0.5) is 0 Å². The van der Waals surface area contributed by atoms with Gasteiger partial charge in [-0.1, -0.05) is 11.6 Å². The van der Waals surface area contributed by atoms with Crippen LogP contribution in [-0.2, 0) is 4.74 Å². The summed E-state index contributed by atoms with van der Waals surface area (Å²) >= 11 is 5.83. The molecule has 3 heteroatoms. The third-order valence-corrected chi connectivity index (χ3v) is 2.11. The summed E-state index contributed by atoms with van der Waals surface area (Å²) in [6, 6.07) is 5.56. The van der Waals surface area contributed by atoms with Crippen molar-refractivity contribution < 1.29 is 9.47 Å². The van der Waals surface area contributed by atoms with E-state index in [-0.39, 0.29) is 6.10 Å². The fourth-order valence-electron chi connectivity index (χ4n) is 1.18. The Morgan fingerprint density at radius 2 is 2.33 bits per heavy atom. The molecular weight excluding hydrogens is 176 g/mol. The van der Waals surface area contributed by atoms with Crippen molar-refractivity contribution in [2.75, 3.05) is 13.7 Å². The summed E-state index contributed by atoms with van der Waals surface area (Å²) in [4.78, 5) is 0. The zero-order valence-corrected chi connectivity index (χ0v) is 7.47. The van der Waals surface area contributed by atoms with Gasteiger partial charge in [0.1, 0.15) is 11.9 Å². The lowest BCUT2D eigenvalue weighted by molar-refractivity contribution is 0.383. The van der Waals surface area contributed by atoms with Crippen LogP contribution in [0.1, 0.15) is 11.7 Å². The van der Waals surface area contributed by atoms with E-state index >= 15 is 0 Å². The summed E-state index contributed by atoms with van der Waals surface area (Å²) in [6.07, 6.45) is 0.193. The highest BCUT2D eigenvalue weighted by Crippen LogP contribution is 2.37. The van der Waals surface area contributed by atoms with E-state index < -0.39 is 0 Å². The molecule has 2 rings (SSSR count). The van der Waals surface area contributed by atoms with Crippen molar-refractivity contribution >= 4 is 11.6 Å². The highest BCUT2D eigenvalue weighted by molar-refractivity contribution is 6.30. The fourth-order valence-corrected chi connectivity index (χ4v) is 1.37. The minimum atomic E-state index is 0.193. The van der Waals surface area contributed by atoms with Gasteiger partial charge in [-0.15, -0.1) is 0 Å². The molecule has 1 aromatic carbocycles. The molecule has 1 heterocycles. The Hall–Kier alpha value is -0.730. The lowest BCUT2D eigenvalue weighted by Gasteiger charge is -2.05. The minimum absolute atomic E-state index is 0.193.